The molecule has 0 aromatic heterocycles. The molecule has 3 rings (SSSR count). The summed E-state index contributed by atoms with van der Waals surface area (Å²) in [5.41, 5.74) is 7.97. The maximum Gasteiger partial charge on any atom is 0.251 e. The van der Waals surface area contributed by atoms with Crippen LogP contribution in [0.15, 0.2) is 24.3 Å². The van der Waals surface area contributed by atoms with Gasteiger partial charge >= 0.3 is 0 Å². The second-order valence-electron chi connectivity index (χ2n) is 5.44. The Bertz CT molecular complexity index is 447. The Hall–Kier alpha value is -1.35. The van der Waals surface area contributed by atoms with Gasteiger partial charge in [0.15, 0.2) is 0 Å². The highest BCUT2D eigenvalue weighted by Crippen LogP contribution is 2.36. The largest absolute Gasteiger partial charge is 0.349 e. The first-order valence-corrected chi connectivity index (χ1v) is 6.34. The summed E-state index contributed by atoms with van der Waals surface area (Å²) in [5, 5.41) is 3.04. The first-order chi connectivity index (χ1) is 8.16. The van der Waals surface area contributed by atoms with E-state index < -0.39 is 0 Å². The molecule has 0 unspecified atom stereocenters. The summed E-state index contributed by atoms with van der Waals surface area (Å²) < 4.78 is 0. The zero-order chi connectivity index (χ0) is 11.9. The van der Waals surface area contributed by atoms with Gasteiger partial charge in [0.1, 0.15) is 0 Å². The molecular formula is C14H18N2O. The summed E-state index contributed by atoms with van der Waals surface area (Å²) in [6.45, 7) is 0. The zero-order valence-corrected chi connectivity index (χ0v) is 9.91. The number of nitrogens with two attached hydrogens (primary N) is 1. The molecule has 90 valence electrons. The van der Waals surface area contributed by atoms with E-state index in [2.05, 4.69) is 5.32 Å². The Morgan fingerprint density at radius 3 is 2.71 bits per heavy atom. The summed E-state index contributed by atoms with van der Waals surface area (Å²) in [4.78, 5) is 12.1. The van der Waals surface area contributed by atoms with E-state index in [-0.39, 0.29) is 11.4 Å². The van der Waals surface area contributed by atoms with Gasteiger partial charge in [0.25, 0.3) is 5.91 Å². The molecule has 3 nitrogen and oxygen atoms in total. The maximum atomic E-state index is 12.1. The van der Waals surface area contributed by atoms with Crippen molar-refractivity contribution in [2.75, 3.05) is 0 Å². The lowest BCUT2D eigenvalue weighted by atomic mass is 9.99. The minimum Gasteiger partial charge on any atom is -0.349 e. The van der Waals surface area contributed by atoms with Gasteiger partial charge in [0, 0.05) is 17.1 Å². The molecule has 0 aliphatic heterocycles. The average Bonchev–Trinajstić information content (AvgIpc) is 3.20. The van der Waals surface area contributed by atoms with E-state index in [4.69, 9.17) is 5.73 Å². The monoisotopic (exact) mass is 230 g/mol. The maximum absolute atomic E-state index is 12.1. The SMILES string of the molecule is NC1(Cc2ccccc2C(=O)NC2CC2)CC1. The van der Waals surface area contributed by atoms with Crippen LogP contribution in [0.5, 0.6) is 0 Å². The molecule has 1 amide bonds. The third-order valence-electron chi connectivity index (χ3n) is 3.61. The topological polar surface area (TPSA) is 55.1 Å². The van der Waals surface area contributed by atoms with E-state index in [0.29, 0.717) is 6.04 Å². The molecule has 0 saturated heterocycles. The van der Waals surface area contributed by atoms with E-state index >= 15 is 0 Å². The van der Waals surface area contributed by atoms with E-state index in [9.17, 15) is 4.79 Å². The van der Waals surface area contributed by atoms with Crippen molar-refractivity contribution in [1.82, 2.24) is 5.32 Å². The highest BCUT2D eigenvalue weighted by Gasteiger charge is 2.38. The lowest BCUT2D eigenvalue weighted by Crippen LogP contribution is -2.29. The number of nitrogens with one attached hydrogen (secondary N) is 1. The van der Waals surface area contributed by atoms with Crippen LogP contribution >= 0.6 is 0 Å². The Balaban J connectivity index is 1.79. The standard InChI is InChI=1S/C14H18N2O/c15-14(7-8-14)9-10-3-1-2-4-12(10)13(17)16-11-5-6-11/h1-4,11H,5-9,15H2,(H,16,17). The fourth-order valence-electron chi connectivity index (χ4n) is 2.10. The molecule has 2 saturated carbocycles. The normalized spacial score (nSPS) is 21.0. The predicted octanol–water partition coefficient (Wildman–Crippen LogP) is 1.61. The van der Waals surface area contributed by atoms with Gasteiger partial charge in [-0.25, -0.2) is 0 Å². The van der Waals surface area contributed by atoms with Gasteiger partial charge in [-0.2, -0.15) is 0 Å². The summed E-state index contributed by atoms with van der Waals surface area (Å²) in [7, 11) is 0. The average molecular weight is 230 g/mol. The van der Waals surface area contributed by atoms with Crippen molar-refractivity contribution in [3.63, 3.8) is 0 Å². The van der Waals surface area contributed by atoms with Crippen molar-refractivity contribution in [2.45, 2.75) is 43.7 Å². The van der Waals surface area contributed by atoms with Crippen molar-refractivity contribution < 1.29 is 4.79 Å². The van der Waals surface area contributed by atoms with Gasteiger partial charge in [0.05, 0.1) is 0 Å². The van der Waals surface area contributed by atoms with Crippen LogP contribution in [0.2, 0.25) is 0 Å². The van der Waals surface area contributed by atoms with E-state index in [1.54, 1.807) is 0 Å². The minimum absolute atomic E-state index is 0.0457. The number of hydrogen-bond donors (Lipinski definition) is 2. The molecule has 0 spiro atoms. The number of benzene rings is 1. The number of hydrogen-bond acceptors (Lipinski definition) is 2. The van der Waals surface area contributed by atoms with Crippen LogP contribution < -0.4 is 11.1 Å². The van der Waals surface area contributed by atoms with Gasteiger partial charge in [0.2, 0.25) is 0 Å². The highest BCUT2D eigenvalue weighted by atomic mass is 16.1. The molecule has 0 bridgehead atoms. The molecule has 2 aliphatic carbocycles. The Kier molecular flexibility index (Phi) is 2.44. The molecular weight excluding hydrogens is 212 g/mol. The molecule has 2 aliphatic rings. The molecule has 2 fully saturated rings. The van der Waals surface area contributed by atoms with Crippen LogP contribution in [0.3, 0.4) is 0 Å². The molecule has 0 atom stereocenters. The molecule has 3 heteroatoms. The van der Waals surface area contributed by atoms with Gasteiger partial charge in [-0.05, 0) is 43.7 Å². The molecule has 1 aromatic rings. The van der Waals surface area contributed by atoms with Gasteiger partial charge in [-0.3, -0.25) is 4.79 Å². The van der Waals surface area contributed by atoms with E-state index in [1.807, 2.05) is 24.3 Å². The Labute approximate surface area is 101 Å². The smallest absolute Gasteiger partial charge is 0.251 e. The molecule has 0 radical (unpaired) electrons. The summed E-state index contributed by atoms with van der Waals surface area (Å²) >= 11 is 0. The third kappa shape index (κ3) is 2.50. The van der Waals surface area contributed by atoms with Gasteiger partial charge < -0.3 is 11.1 Å². The van der Waals surface area contributed by atoms with Crippen LogP contribution in [-0.4, -0.2) is 17.5 Å². The quantitative estimate of drug-likeness (QED) is 0.825. The molecule has 3 N–H and O–H groups in total. The van der Waals surface area contributed by atoms with Crippen LogP contribution in [0, 0.1) is 0 Å². The fraction of sp³-hybridized carbons (Fsp3) is 0.500. The lowest BCUT2D eigenvalue weighted by Gasteiger charge is -2.13. The fourth-order valence-corrected chi connectivity index (χ4v) is 2.10. The van der Waals surface area contributed by atoms with Gasteiger partial charge in [-0.1, -0.05) is 18.2 Å². The first-order valence-electron chi connectivity index (χ1n) is 6.34. The van der Waals surface area contributed by atoms with Crippen molar-refractivity contribution >= 4 is 5.91 Å². The number of carbonyl (C=O) groups excluding carboxylic acids is 1. The Morgan fingerprint density at radius 2 is 2.06 bits per heavy atom. The van der Waals surface area contributed by atoms with E-state index in [0.717, 1.165) is 43.2 Å². The predicted molar refractivity (Wildman–Crippen MR) is 66.8 cm³/mol. The number of rotatable bonds is 4. The summed E-state index contributed by atoms with van der Waals surface area (Å²) in [5.74, 6) is 0.0624. The minimum atomic E-state index is -0.0457. The van der Waals surface area contributed by atoms with Crippen molar-refractivity contribution in [3.8, 4) is 0 Å². The summed E-state index contributed by atoms with van der Waals surface area (Å²) in [6, 6.07) is 8.23. The number of carbonyl (C=O) groups is 1. The summed E-state index contributed by atoms with van der Waals surface area (Å²) in [6.07, 6.45) is 5.21. The van der Waals surface area contributed by atoms with Crippen LogP contribution in [-0.2, 0) is 6.42 Å². The first kappa shape index (κ1) is 10.8. The van der Waals surface area contributed by atoms with Crippen molar-refractivity contribution in [3.05, 3.63) is 35.4 Å². The van der Waals surface area contributed by atoms with Crippen LogP contribution in [0.4, 0.5) is 0 Å². The van der Waals surface area contributed by atoms with Gasteiger partial charge in [-0.15, -0.1) is 0 Å². The van der Waals surface area contributed by atoms with E-state index in [1.165, 1.54) is 0 Å². The molecule has 0 heterocycles. The van der Waals surface area contributed by atoms with Crippen LogP contribution in [0.1, 0.15) is 41.6 Å². The number of amides is 1. The lowest BCUT2D eigenvalue weighted by molar-refractivity contribution is 0.0950. The zero-order valence-electron chi connectivity index (χ0n) is 9.91. The highest BCUT2D eigenvalue weighted by molar-refractivity contribution is 5.96. The second kappa shape index (κ2) is 3.84. The van der Waals surface area contributed by atoms with Crippen molar-refractivity contribution in [2.24, 2.45) is 5.73 Å². The van der Waals surface area contributed by atoms with Crippen LogP contribution in [0.25, 0.3) is 0 Å². The molecule has 1 aromatic carbocycles. The Morgan fingerprint density at radius 1 is 1.35 bits per heavy atom. The third-order valence-corrected chi connectivity index (χ3v) is 3.61. The van der Waals surface area contributed by atoms with Crippen molar-refractivity contribution in [1.29, 1.82) is 0 Å². The molecule has 17 heavy (non-hydrogen) atoms. The second-order valence-corrected chi connectivity index (χ2v) is 5.44.